The molecule has 0 saturated carbocycles. The average Bonchev–Trinajstić information content (AvgIpc) is 3.12. The first kappa shape index (κ1) is 15.6. The van der Waals surface area contributed by atoms with Crippen LogP contribution in [0.15, 0.2) is 33.9 Å². The van der Waals surface area contributed by atoms with E-state index in [9.17, 15) is 9.59 Å². The number of hydrogen-bond acceptors (Lipinski definition) is 5. The molecule has 0 radical (unpaired) electrons. The van der Waals surface area contributed by atoms with Crippen molar-refractivity contribution >= 4 is 32.7 Å². The molecule has 0 aliphatic carbocycles. The lowest BCUT2D eigenvalue weighted by Gasteiger charge is -2.09. The van der Waals surface area contributed by atoms with Gasteiger partial charge in [-0.3, -0.25) is 24.4 Å². The Hall–Kier alpha value is -2.87. The first-order valence-corrected chi connectivity index (χ1v) is 8.62. The minimum absolute atomic E-state index is 0.0317. The Morgan fingerprint density at radius 2 is 1.92 bits per heavy atom. The molecular weight excluding hydrogens is 340 g/mol. The van der Waals surface area contributed by atoms with Crippen LogP contribution in [0, 0.1) is 0 Å². The summed E-state index contributed by atoms with van der Waals surface area (Å²) in [5, 5.41) is 3.34. The van der Waals surface area contributed by atoms with E-state index in [1.54, 1.807) is 11.8 Å². The van der Waals surface area contributed by atoms with Gasteiger partial charge in [-0.05, 0) is 31.5 Å². The van der Waals surface area contributed by atoms with Crippen molar-refractivity contribution in [3.05, 3.63) is 44.3 Å². The molecule has 0 spiro atoms. The number of benzene rings is 1. The lowest BCUT2D eigenvalue weighted by atomic mass is 10.0. The maximum atomic E-state index is 12.6. The fourth-order valence-corrected chi connectivity index (χ4v) is 3.82. The van der Waals surface area contributed by atoms with Gasteiger partial charge in [0.15, 0.2) is 11.3 Å². The molecule has 4 aromatic rings. The second kappa shape index (κ2) is 5.59. The van der Waals surface area contributed by atoms with Crippen molar-refractivity contribution in [1.29, 1.82) is 0 Å². The summed E-state index contributed by atoms with van der Waals surface area (Å²) in [6.07, 6.45) is 0. The molecule has 0 fully saturated rings. The number of H-pyrrole nitrogens is 2. The van der Waals surface area contributed by atoms with E-state index in [-0.39, 0.29) is 16.5 Å². The number of aromatic nitrogens is 4. The fraction of sp³-hybridized carbons (Fsp3) is 0.235. The van der Waals surface area contributed by atoms with Crippen LogP contribution in [-0.4, -0.2) is 26.9 Å². The highest BCUT2D eigenvalue weighted by atomic mass is 32.1. The molecule has 2 N–H and O–H groups in total. The molecule has 1 aromatic carbocycles. The summed E-state index contributed by atoms with van der Waals surface area (Å²) in [7, 11) is 1.60. The van der Waals surface area contributed by atoms with E-state index in [2.05, 4.69) is 15.1 Å². The molecule has 3 aromatic heterocycles. The summed E-state index contributed by atoms with van der Waals surface area (Å²) in [6.45, 7) is 3.93. The van der Waals surface area contributed by atoms with E-state index in [4.69, 9.17) is 4.74 Å². The van der Waals surface area contributed by atoms with Gasteiger partial charge in [0.1, 0.15) is 5.75 Å². The lowest BCUT2D eigenvalue weighted by molar-refractivity contribution is 0.415. The normalized spacial score (nSPS) is 11.7. The van der Waals surface area contributed by atoms with Crippen molar-refractivity contribution in [2.45, 2.75) is 19.9 Å². The van der Waals surface area contributed by atoms with E-state index in [0.717, 1.165) is 22.6 Å². The molecular formula is C17H16N4O3S. The number of methoxy groups -OCH3 is 1. The Labute approximate surface area is 145 Å². The minimum Gasteiger partial charge on any atom is -0.497 e. The molecule has 0 atom stereocenters. The first-order chi connectivity index (χ1) is 12.0. The van der Waals surface area contributed by atoms with Crippen molar-refractivity contribution < 1.29 is 4.74 Å². The summed E-state index contributed by atoms with van der Waals surface area (Å²) in [5.41, 5.74) is 2.35. The molecule has 0 saturated heterocycles. The Balaban J connectivity index is 2.18. The summed E-state index contributed by atoms with van der Waals surface area (Å²) in [5.74, 6) is 0.723. The molecule has 0 aliphatic rings. The number of pyridine rings is 1. The summed E-state index contributed by atoms with van der Waals surface area (Å²) in [6, 6.07) is 7.45. The topological polar surface area (TPSA) is 92.8 Å². The van der Waals surface area contributed by atoms with Gasteiger partial charge in [-0.1, -0.05) is 23.5 Å². The van der Waals surface area contributed by atoms with E-state index in [0.29, 0.717) is 26.9 Å². The Morgan fingerprint density at radius 3 is 2.56 bits per heavy atom. The maximum Gasteiger partial charge on any atom is 0.306 e. The van der Waals surface area contributed by atoms with E-state index in [1.807, 2.05) is 38.1 Å². The Bertz CT molecular complexity index is 1200. The molecule has 3 heterocycles. The van der Waals surface area contributed by atoms with Gasteiger partial charge in [-0.15, -0.1) is 0 Å². The number of fused-ring (bicyclic) bond motifs is 2. The van der Waals surface area contributed by atoms with Crippen LogP contribution in [0.1, 0.15) is 19.9 Å². The molecule has 0 aliphatic heterocycles. The van der Waals surface area contributed by atoms with Gasteiger partial charge in [0.05, 0.1) is 17.2 Å². The van der Waals surface area contributed by atoms with Crippen molar-refractivity contribution in [2.75, 3.05) is 7.11 Å². The molecule has 8 heteroatoms. The zero-order valence-corrected chi connectivity index (χ0v) is 14.7. The predicted molar refractivity (Wildman–Crippen MR) is 98.7 cm³/mol. The van der Waals surface area contributed by atoms with Gasteiger partial charge in [0.25, 0.3) is 5.56 Å². The van der Waals surface area contributed by atoms with Crippen molar-refractivity contribution in [1.82, 2.24) is 19.7 Å². The smallest absolute Gasteiger partial charge is 0.306 e. The third kappa shape index (κ3) is 2.37. The van der Waals surface area contributed by atoms with Crippen LogP contribution in [0.2, 0.25) is 0 Å². The largest absolute Gasteiger partial charge is 0.497 e. The van der Waals surface area contributed by atoms with E-state index < -0.39 is 0 Å². The second-order valence-electron chi connectivity index (χ2n) is 6.01. The first-order valence-electron chi connectivity index (χ1n) is 7.81. The number of rotatable bonds is 3. The summed E-state index contributed by atoms with van der Waals surface area (Å²) in [4.78, 5) is 31.6. The number of nitrogens with zero attached hydrogens (tertiary/aromatic N) is 2. The molecule has 4 rings (SSSR count). The standard InChI is InChI=1S/C17H16N4O3S/c1-8(2)21-15-12(16(22)20-21)11(9-4-6-10(24-3)7-5-9)13-14(18-15)19-17(23)25-13/h4-8H,1-3H3,(H,20,22)(H,18,19,23). The Morgan fingerprint density at radius 1 is 1.20 bits per heavy atom. The SMILES string of the molecule is COc1ccc(-c2c3sc(=O)[nH]c3nc3c2c(=O)[nH]n3C(C)C)cc1. The third-order valence-corrected chi connectivity index (χ3v) is 5.01. The van der Waals surface area contributed by atoms with Crippen LogP contribution >= 0.6 is 11.3 Å². The molecule has 0 bridgehead atoms. The summed E-state index contributed by atoms with van der Waals surface area (Å²) < 4.78 is 7.60. The summed E-state index contributed by atoms with van der Waals surface area (Å²) >= 11 is 1.06. The van der Waals surface area contributed by atoms with Crippen molar-refractivity contribution in [3.63, 3.8) is 0 Å². The number of hydrogen-bond donors (Lipinski definition) is 2. The van der Waals surface area contributed by atoms with Crippen molar-refractivity contribution in [3.8, 4) is 16.9 Å². The highest BCUT2D eigenvalue weighted by molar-refractivity contribution is 7.17. The van der Waals surface area contributed by atoms with Gasteiger partial charge in [0, 0.05) is 11.6 Å². The van der Waals surface area contributed by atoms with Crippen LogP contribution in [0.25, 0.3) is 32.5 Å². The quantitative estimate of drug-likeness (QED) is 0.590. The predicted octanol–water partition coefficient (Wildman–Crippen LogP) is 2.88. The minimum atomic E-state index is -0.218. The van der Waals surface area contributed by atoms with Gasteiger partial charge in [-0.25, -0.2) is 4.98 Å². The second-order valence-corrected chi connectivity index (χ2v) is 6.99. The number of aromatic amines is 2. The molecule has 7 nitrogen and oxygen atoms in total. The molecule has 25 heavy (non-hydrogen) atoms. The van der Waals surface area contributed by atoms with Crippen LogP contribution in [0.5, 0.6) is 5.75 Å². The fourth-order valence-electron chi connectivity index (χ4n) is 2.97. The monoisotopic (exact) mass is 356 g/mol. The molecule has 128 valence electrons. The Kier molecular flexibility index (Phi) is 3.50. The van der Waals surface area contributed by atoms with Crippen molar-refractivity contribution in [2.24, 2.45) is 0 Å². The lowest BCUT2D eigenvalue weighted by Crippen LogP contribution is -2.08. The van der Waals surface area contributed by atoms with Gasteiger partial charge in [-0.2, -0.15) is 0 Å². The number of nitrogens with one attached hydrogen (secondary N) is 2. The van der Waals surface area contributed by atoms with Gasteiger partial charge < -0.3 is 4.74 Å². The van der Waals surface area contributed by atoms with Crippen LogP contribution in [0.4, 0.5) is 0 Å². The number of ether oxygens (including phenoxy) is 1. The zero-order chi connectivity index (χ0) is 17.7. The highest BCUT2D eigenvalue weighted by Gasteiger charge is 2.21. The van der Waals surface area contributed by atoms with E-state index in [1.165, 1.54) is 0 Å². The van der Waals surface area contributed by atoms with Crippen LogP contribution < -0.4 is 15.2 Å². The maximum absolute atomic E-state index is 12.6. The van der Waals surface area contributed by atoms with Gasteiger partial charge in [0.2, 0.25) is 0 Å². The van der Waals surface area contributed by atoms with Gasteiger partial charge >= 0.3 is 4.87 Å². The van der Waals surface area contributed by atoms with Crippen LogP contribution in [0.3, 0.4) is 0 Å². The molecule has 0 unspecified atom stereocenters. The highest BCUT2D eigenvalue weighted by Crippen LogP contribution is 2.35. The third-order valence-electron chi connectivity index (χ3n) is 4.12. The van der Waals surface area contributed by atoms with Crippen LogP contribution in [-0.2, 0) is 0 Å². The van der Waals surface area contributed by atoms with E-state index >= 15 is 0 Å². The number of thiazole rings is 1. The average molecular weight is 356 g/mol. The molecule has 0 amide bonds. The zero-order valence-electron chi connectivity index (χ0n) is 13.9.